The van der Waals surface area contributed by atoms with Crippen LogP contribution in [0.4, 0.5) is 0 Å². The van der Waals surface area contributed by atoms with Crippen molar-refractivity contribution in [2.75, 3.05) is 46.3 Å². The van der Waals surface area contributed by atoms with Gasteiger partial charge in [-0.3, -0.25) is 33.6 Å². The van der Waals surface area contributed by atoms with E-state index < -0.39 is 42.1 Å². The molecule has 0 spiro atoms. The quantitative estimate of drug-likeness (QED) is 0.0884. The van der Waals surface area contributed by atoms with E-state index >= 15 is 0 Å². The first-order chi connectivity index (χ1) is 17.0. The summed E-state index contributed by atoms with van der Waals surface area (Å²) in [5.41, 5.74) is 0. The van der Waals surface area contributed by atoms with Gasteiger partial charge in [-0.05, 0) is 7.05 Å². The Morgan fingerprint density at radius 1 is 0.500 bits per heavy atom. The topological polar surface area (TPSA) is 216 Å². The molecule has 0 aromatic rings. The summed E-state index contributed by atoms with van der Waals surface area (Å²) in [4.78, 5) is 82.6. The highest BCUT2D eigenvalue weighted by Gasteiger charge is 2.28. The van der Waals surface area contributed by atoms with E-state index in [1.54, 1.807) is 0 Å². The van der Waals surface area contributed by atoms with E-state index in [9.17, 15) is 33.6 Å². The van der Waals surface area contributed by atoms with Crippen molar-refractivity contribution in [3.8, 4) is 0 Å². The van der Waals surface area contributed by atoms with Crippen LogP contribution in [0.25, 0.3) is 0 Å². The van der Waals surface area contributed by atoms with Gasteiger partial charge in [-0.1, -0.05) is 0 Å². The van der Waals surface area contributed by atoms with E-state index in [1.807, 2.05) is 0 Å². The molecule has 0 saturated heterocycles. The lowest BCUT2D eigenvalue weighted by Gasteiger charge is -2.22. The second-order valence-electron chi connectivity index (χ2n) is 7.75. The zero-order valence-corrected chi connectivity index (χ0v) is 21.2. The van der Waals surface area contributed by atoms with Crippen molar-refractivity contribution in [3.05, 3.63) is 0 Å². The number of rotatable bonds is 17. The van der Waals surface area contributed by atoms with Gasteiger partial charge in [0.05, 0.1) is 18.9 Å². The molecule has 0 bridgehead atoms. The van der Waals surface area contributed by atoms with Crippen molar-refractivity contribution in [1.82, 2.24) is 42.5 Å². The molecular weight excluding hydrogens is 476 g/mol. The highest BCUT2D eigenvalue weighted by atomic mass is 16.2. The minimum atomic E-state index is -1.26. The molecule has 0 rings (SSSR count). The first-order valence-corrected chi connectivity index (χ1v) is 11.5. The number of hydrogen-bond donors (Lipinski definition) is 8. The van der Waals surface area contributed by atoms with Gasteiger partial charge in [0.15, 0.2) is 0 Å². The number of carbonyl (C=O) groups excluding carboxylic acids is 7. The summed E-state index contributed by atoms with van der Waals surface area (Å²) in [6.45, 7) is 4.96. The minimum Gasteiger partial charge on any atom is -0.355 e. The number of hydrogen-bond acceptors (Lipinski definition) is 8. The number of nitrogens with one attached hydrogen (secondary N) is 8. The predicted molar refractivity (Wildman–Crippen MR) is 129 cm³/mol. The first-order valence-electron chi connectivity index (χ1n) is 11.5. The molecule has 0 heterocycles. The van der Waals surface area contributed by atoms with Crippen molar-refractivity contribution in [2.24, 2.45) is 0 Å². The monoisotopic (exact) mass is 514 g/mol. The molecule has 0 aromatic heterocycles. The molecule has 0 aromatic carbocycles. The molecular formula is C21H38N8O7. The Bertz CT molecular complexity index is 790. The third-order valence-electron chi connectivity index (χ3n) is 4.52. The van der Waals surface area contributed by atoms with Crippen LogP contribution in [0.1, 0.15) is 33.6 Å². The van der Waals surface area contributed by atoms with Gasteiger partial charge in [0.25, 0.3) is 0 Å². The van der Waals surface area contributed by atoms with Gasteiger partial charge in [0.2, 0.25) is 41.4 Å². The summed E-state index contributed by atoms with van der Waals surface area (Å²) in [7, 11) is 1.46. The fourth-order valence-electron chi connectivity index (χ4n) is 2.75. The van der Waals surface area contributed by atoms with Gasteiger partial charge < -0.3 is 42.5 Å². The van der Waals surface area contributed by atoms with Crippen LogP contribution >= 0.6 is 0 Å². The van der Waals surface area contributed by atoms with Crippen molar-refractivity contribution in [1.29, 1.82) is 0 Å². The van der Waals surface area contributed by atoms with Crippen molar-refractivity contribution < 1.29 is 33.6 Å². The van der Waals surface area contributed by atoms with Crippen LogP contribution in [0.15, 0.2) is 0 Å². The summed E-state index contributed by atoms with van der Waals surface area (Å²) in [6, 6.07) is -2.25. The van der Waals surface area contributed by atoms with Gasteiger partial charge >= 0.3 is 0 Å². The fraction of sp³-hybridized carbons (Fsp3) is 0.667. The number of amides is 7. The Balaban J connectivity index is 5.00. The normalized spacial score (nSPS) is 11.8. The van der Waals surface area contributed by atoms with E-state index in [0.29, 0.717) is 0 Å². The van der Waals surface area contributed by atoms with Crippen LogP contribution < -0.4 is 42.5 Å². The fourth-order valence-corrected chi connectivity index (χ4v) is 2.75. The summed E-state index contributed by atoms with van der Waals surface area (Å²) < 4.78 is 0. The molecule has 36 heavy (non-hydrogen) atoms. The molecule has 0 unspecified atom stereocenters. The van der Waals surface area contributed by atoms with E-state index in [0.717, 1.165) is 0 Å². The lowest BCUT2D eigenvalue weighted by Crippen LogP contribution is -2.55. The maximum Gasteiger partial charge on any atom is 0.243 e. The highest BCUT2D eigenvalue weighted by molar-refractivity contribution is 5.94. The molecule has 8 N–H and O–H groups in total. The Hall–Kier alpha value is -3.75. The summed E-state index contributed by atoms with van der Waals surface area (Å²) in [6.07, 6.45) is -0.640. The molecule has 0 fully saturated rings. The van der Waals surface area contributed by atoms with Gasteiger partial charge in [-0.25, -0.2) is 0 Å². The molecule has 0 aliphatic heterocycles. The first kappa shape index (κ1) is 32.2. The molecule has 15 nitrogen and oxygen atoms in total. The van der Waals surface area contributed by atoms with Crippen LogP contribution in [0, 0.1) is 0 Å². The smallest absolute Gasteiger partial charge is 0.243 e. The second-order valence-corrected chi connectivity index (χ2v) is 7.75. The van der Waals surface area contributed by atoms with E-state index in [-0.39, 0.29) is 63.4 Å². The summed E-state index contributed by atoms with van der Waals surface area (Å²) >= 11 is 0. The zero-order chi connectivity index (χ0) is 27.5. The standard InChI is InChI=1S/C21H38N8O7/c1-13(30)23-5-8-26-18(33)11-16(22-4)21(36)29-17(20(35)28-10-7-25-15(3)32)12-19(34)27-9-6-24-14(2)31/h16-17,22H,5-12H2,1-4H3,(H,23,30)(H,24,31)(H,25,32)(H,26,33)(H,27,34)(H,28,35)(H,29,36)/t16-,17+/m1/s1. The molecule has 204 valence electrons. The molecule has 15 heteroatoms. The summed E-state index contributed by atoms with van der Waals surface area (Å²) in [5, 5.41) is 20.4. The van der Waals surface area contributed by atoms with E-state index in [4.69, 9.17) is 0 Å². The van der Waals surface area contributed by atoms with Gasteiger partial charge in [-0.2, -0.15) is 0 Å². The average Bonchev–Trinajstić information content (AvgIpc) is 2.79. The van der Waals surface area contributed by atoms with Gasteiger partial charge in [-0.15, -0.1) is 0 Å². The Kier molecular flexibility index (Phi) is 16.6. The Morgan fingerprint density at radius 3 is 1.25 bits per heavy atom. The Morgan fingerprint density at radius 2 is 0.861 bits per heavy atom. The third kappa shape index (κ3) is 16.8. The molecule has 0 radical (unpaired) electrons. The average molecular weight is 515 g/mol. The lowest BCUT2D eigenvalue weighted by atomic mass is 10.1. The minimum absolute atomic E-state index is 0.0705. The largest absolute Gasteiger partial charge is 0.355 e. The van der Waals surface area contributed by atoms with Crippen LogP contribution in [0.2, 0.25) is 0 Å². The lowest BCUT2D eigenvalue weighted by molar-refractivity contribution is -0.133. The van der Waals surface area contributed by atoms with Crippen molar-refractivity contribution in [2.45, 2.75) is 45.7 Å². The van der Waals surface area contributed by atoms with Crippen molar-refractivity contribution in [3.63, 3.8) is 0 Å². The highest BCUT2D eigenvalue weighted by Crippen LogP contribution is 1.98. The maximum absolute atomic E-state index is 12.8. The van der Waals surface area contributed by atoms with Crippen LogP contribution in [0.3, 0.4) is 0 Å². The van der Waals surface area contributed by atoms with E-state index in [2.05, 4.69) is 42.5 Å². The zero-order valence-electron chi connectivity index (χ0n) is 21.2. The van der Waals surface area contributed by atoms with E-state index in [1.165, 1.54) is 27.8 Å². The van der Waals surface area contributed by atoms with Gasteiger partial charge in [0, 0.05) is 60.0 Å². The molecule has 0 aliphatic carbocycles. The Labute approximate surface area is 210 Å². The maximum atomic E-state index is 12.8. The summed E-state index contributed by atoms with van der Waals surface area (Å²) in [5.74, 6) is -3.11. The predicted octanol–water partition coefficient (Wildman–Crippen LogP) is -4.40. The molecule has 0 saturated carbocycles. The number of carbonyl (C=O) groups is 7. The molecule has 7 amide bonds. The second kappa shape index (κ2) is 18.6. The molecule has 0 aliphatic rings. The van der Waals surface area contributed by atoms with Crippen LogP contribution in [-0.4, -0.2) is 99.8 Å². The van der Waals surface area contributed by atoms with Crippen LogP contribution in [-0.2, 0) is 33.6 Å². The molecule has 2 atom stereocenters. The van der Waals surface area contributed by atoms with Crippen LogP contribution in [0.5, 0.6) is 0 Å². The van der Waals surface area contributed by atoms with Crippen molar-refractivity contribution >= 4 is 41.4 Å². The SMILES string of the molecule is CN[C@H](CC(=O)NCCNC(C)=O)C(=O)N[C@@H](CC(=O)NCCNC(C)=O)C(=O)NCCNC(C)=O. The van der Waals surface area contributed by atoms with Gasteiger partial charge in [0.1, 0.15) is 6.04 Å². The number of likely N-dealkylation sites (N-methyl/N-ethyl adjacent to an activating group) is 1. The third-order valence-corrected chi connectivity index (χ3v) is 4.52.